The predicted octanol–water partition coefficient (Wildman–Crippen LogP) is 1.24. The van der Waals surface area contributed by atoms with Crippen LogP contribution in [0.2, 0.25) is 5.02 Å². The molecular formula is C12H14ClN2O3-. The second-order valence-corrected chi connectivity index (χ2v) is 4.58. The highest BCUT2D eigenvalue weighted by Crippen LogP contribution is 2.13. The van der Waals surface area contributed by atoms with Gasteiger partial charge in [-0.25, -0.2) is 4.79 Å². The third-order valence-corrected chi connectivity index (χ3v) is 2.56. The number of halogens is 1. The Morgan fingerprint density at radius 3 is 2.22 bits per heavy atom. The molecule has 2 N–H and O–H groups in total. The monoisotopic (exact) mass is 269 g/mol. The Labute approximate surface area is 110 Å². The minimum Gasteiger partial charge on any atom is -0.548 e. The minimum atomic E-state index is -1.31. The molecule has 0 saturated heterocycles. The number of urea groups is 1. The maximum atomic E-state index is 11.6. The highest BCUT2D eigenvalue weighted by Gasteiger charge is 2.17. The van der Waals surface area contributed by atoms with Crippen LogP contribution in [-0.4, -0.2) is 18.0 Å². The van der Waals surface area contributed by atoms with Crippen molar-refractivity contribution in [1.29, 1.82) is 0 Å². The highest BCUT2D eigenvalue weighted by molar-refractivity contribution is 6.30. The summed E-state index contributed by atoms with van der Waals surface area (Å²) in [6, 6.07) is 4.85. The van der Waals surface area contributed by atoms with Gasteiger partial charge in [-0.1, -0.05) is 25.4 Å². The van der Waals surface area contributed by atoms with Crippen LogP contribution in [0, 0.1) is 5.92 Å². The summed E-state index contributed by atoms with van der Waals surface area (Å²) in [5.74, 6) is -1.57. The van der Waals surface area contributed by atoms with Gasteiger partial charge in [0.1, 0.15) is 0 Å². The summed E-state index contributed by atoms with van der Waals surface area (Å²) in [4.78, 5) is 22.4. The molecule has 18 heavy (non-hydrogen) atoms. The van der Waals surface area contributed by atoms with Gasteiger partial charge in [-0.3, -0.25) is 0 Å². The molecule has 0 radical (unpaired) electrons. The fourth-order valence-electron chi connectivity index (χ4n) is 1.34. The molecule has 1 aromatic carbocycles. The zero-order chi connectivity index (χ0) is 13.7. The highest BCUT2D eigenvalue weighted by atomic mass is 35.5. The van der Waals surface area contributed by atoms with Gasteiger partial charge in [0.2, 0.25) is 0 Å². The van der Waals surface area contributed by atoms with E-state index >= 15 is 0 Å². The van der Waals surface area contributed by atoms with Crippen molar-refractivity contribution in [3.63, 3.8) is 0 Å². The molecule has 0 aliphatic rings. The summed E-state index contributed by atoms with van der Waals surface area (Å²) in [6.07, 6.45) is 0. The lowest BCUT2D eigenvalue weighted by molar-refractivity contribution is -0.309. The first-order valence-corrected chi connectivity index (χ1v) is 5.82. The van der Waals surface area contributed by atoms with Gasteiger partial charge >= 0.3 is 6.03 Å². The zero-order valence-corrected chi connectivity index (χ0v) is 10.8. The summed E-state index contributed by atoms with van der Waals surface area (Å²) < 4.78 is 0. The van der Waals surface area contributed by atoms with Crippen LogP contribution >= 0.6 is 11.6 Å². The fraction of sp³-hybridized carbons (Fsp3) is 0.333. The molecule has 0 aliphatic heterocycles. The number of carboxylic acids is 1. The molecule has 0 fully saturated rings. The van der Waals surface area contributed by atoms with E-state index in [4.69, 9.17) is 11.6 Å². The number of aliphatic carboxylic acids is 1. The average molecular weight is 270 g/mol. The molecule has 6 heteroatoms. The van der Waals surface area contributed by atoms with E-state index in [2.05, 4.69) is 10.6 Å². The summed E-state index contributed by atoms with van der Waals surface area (Å²) in [5.41, 5.74) is 0.526. The van der Waals surface area contributed by atoms with Gasteiger partial charge in [0, 0.05) is 10.7 Å². The molecule has 0 saturated carbocycles. The Hall–Kier alpha value is -1.75. The number of nitrogens with one attached hydrogen (secondary N) is 2. The quantitative estimate of drug-likeness (QED) is 0.863. The first kappa shape index (κ1) is 14.3. The fourth-order valence-corrected chi connectivity index (χ4v) is 1.47. The second-order valence-electron chi connectivity index (χ2n) is 4.15. The molecule has 1 atom stereocenters. The Bertz CT molecular complexity index is 431. The normalized spacial score (nSPS) is 12.0. The lowest BCUT2D eigenvalue weighted by Crippen LogP contribution is -2.51. The molecule has 0 aromatic heterocycles. The number of anilines is 1. The summed E-state index contributed by atoms with van der Waals surface area (Å²) in [6.45, 7) is 3.37. The Kier molecular flexibility index (Phi) is 4.97. The van der Waals surface area contributed by atoms with Crippen LogP contribution < -0.4 is 15.7 Å². The number of carbonyl (C=O) groups excluding carboxylic acids is 2. The summed E-state index contributed by atoms with van der Waals surface area (Å²) in [5, 5.41) is 16.2. The van der Waals surface area contributed by atoms with E-state index in [1.807, 2.05) is 0 Å². The van der Waals surface area contributed by atoms with Crippen LogP contribution in [0.4, 0.5) is 10.5 Å². The molecular weight excluding hydrogens is 256 g/mol. The van der Waals surface area contributed by atoms with Gasteiger partial charge in [0.05, 0.1) is 12.0 Å². The first-order chi connectivity index (χ1) is 8.40. The number of carboxylic acid groups (broad SMARTS) is 1. The number of benzene rings is 1. The third-order valence-electron chi connectivity index (χ3n) is 2.31. The second kappa shape index (κ2) is 6.26. The Balaban J connectivity index is 2.60. The van der Waals surface area contributed by atoms with Gasteiger partial charge in [0.15, 0.2) is 0 Å². The maximum Gasteiger partial charge on any atom is 0.319 e. The molecule has 0 unspecified atom stereocenters. The number of amides is 2. The summed E-state index contributed by atoms with van der Waals surface area (Å²) in [7, 11) is 0. The van der Waals surface area contributed by atoms with Gasteiger partial charge in [0.25, 0.3) is 0 Å². The molecule has 5 nitrogen and oxygen atoms in total. The van der Waals surface area contributed by atoms with E-state index in [1.54, 1.807) is 38.1 Å². The molecule has 0 aliphatic carbocycles. The van der Waals surface area contributed by atoms with E-state index < -0.39 is 18.0 Å². The van der Waals surface area contributed by atoms with Crippen molar-refractivity contribution in [2.45, 2.75) is 19.9 Å². The topological polar surface area (TPSA) is 81.3 Å². The van der Waals surface area contributed by atoms with Crippen LogP contribution in [0.3, 0.4) is 0 Å². The number of hydrogen-bond acceptors (Lipinski definition) is 3. The van der Waals surface area contributed by atoms with E-state index in [1.165, 1.54) is 0 Å². The molecule has 2 amide bonds. The van der Waals surface area contributed by atoms with E-state index in [-0.39, 0.29) is 5.92 Å². The Morgan fingerprint density at radius 1 is 1.22 bits per heavy atom. The first-order valence-electron chi connectivity index (χ1n) is 5.44. The summed E-state index contributed by atoms with van der Waals surface area (Å²) >= 11 is 5.70. The maximum absolute atomic E-state index is 11.6. The van der Waals surface area contributed by atoms with Gasteiger partial charge in [-0.2, -0.15) is 0 Å². The minimum absolute atomic E-state index is 0.258. The van der Waals surface area contributed by atoms with Gasteiger partial charge < -0.3 is 20.5 Å². The number of carbonyl (C=O) groups is 2. The third kappa shape index (κ3) is 4.25. The van der Waals surface area contributed by atoms with Gasteiger partial charge in [-0.15, -0.1) is 0 Å². The molecule has 0 heterocycles. The van der Waals surface area contributed by atoms with Crippen molar-refractivity contribution in [1.82, 2.24) is 5.32 Å². The standard InChI is InChI=1S/C12H15ClN2O3/c1-7(2)10(11(16)17)15-12(18)14-9-5-3-8(13)4-6-9/h3-7,10H,1-2H3,(H,16,17)(H2,14,15,18)/p-1/t10-/m0/s1. The van der Waals surface area contributed by atoms with E-state index in [0.29, 0.717) is 10.7 Å². The smallest absolute Gasteiger partial charge is 0.319 e. The van der Waals surface area contributed by atoms with Crippen LogP contribution in [0.5, 0.6) is 0 Å². The predicted molar refractivity (Wildman–Crippen MR) is 67.2 cm³/mol. The van der Waals surface area contributed by atoms with Crippen LogP contribution in [0.25, 0.3) is 0 Å². The van der Waals surface area contributed by atoms with Crippen molar-refractivity contribution >= 4 is 29.3 Å². The van der Waals surface area contributed by atoms with Gasteiger partial charge in [-0.05, 0) is 30.2 Å². The molecule has 0 spiro atoms. The molecule has 1 rings (SSSR count). The molecule has 98 valence electrons. The van der Waals surface area contributed by atoms with Crippen LogP contribution in [0.15, 0.2) is 24.3 Å². The van der Waals surface area contributed by atoms with Crippen LogP contribution in [-0.2, 0) is 4.79 Å². The van der Waals surface area contributed by atoms with Crippen molar-refractivity contribution in [2.75, 3.05) is 5.32 Å². The zero-order valence-electron chi connectivity index (χ0n) is 10.1. The van der Waals surface area contributed by atoms with Crippen molar-refractivity contribution < 1.29 is 14.7 Å². The average Bonchev–Trinajstić information content (AvgIpc) is 2.28. The lowest BCUT2D eigenvalue weighted by atomic mass is 10.1. The molecule has 1 aromatic rings. The molecule has 0 bridgehead atoms. The lowest BCUT2D eigenvalue weighted by Gasteiger charge is -2.23. The van der Waals surface area contributed by atoms with Crippen molar-refractivity contribution in [3.8, 4) is 0 Å². The SMILES string of the molecule is CC(C)[C@H](NC(=O)Nc1ccc(Cl)cc1)C(=O)[O-]. The van der Waals surface area contributed by atoms with Crippen molar-refractivity contribution in [3.05, 3.63) is 29.3 Å². The van der Waals surface area contributed by atoms with E-state index in [9.17, 15) is 14.7 Å². The number of hydrogen-bond donors (Lipinski definition) is 2. The Morgan fingerprint density at radius 2 is 1.78 bits per heavy atom. The van der Waals surface area contributed by atoms with E-state index in [0.717, 1.165) is 0 Å². The number of rotatable bonds is 4. The van der Waals surface area contributed by atoms with Crippen molar-refractivity contribution in [2.24, 2.45) is 5.92 Å². The van der Waals surface area contributed by atoms with Crippen LogP contribution in [0.1, 0.15) is 13.8 Å². The largest absolute Gasteiger partial charge is 0.548 e.